The predicted molar refractivity (Wildman–Crippen MR) is 59.8 cm³/mol. The Bertz CT molecular complexity index is 355. The Kier molecular flexibility index (Phi) is 4.09. The zero-order chi connectivity index (χ0) is 10.6. The number of nitrogens with one attached hydrogen (secondary N) is 1. The van der Waals surface area contributed by atoms with Crippen LogP contribution in [0.15, 0.2) is 16.0 Å². The normalized spacial score (nSPS) is 9.64. The van der Waals surface area contributed by atoms with E-state index in [1.165, 1.54) is 29.2 Å². The third-order valence-corrected chi connectivity index (χ3v) is 3.05. The molecule has 1 aromatic rings. The Morgan fingerprint density at radius 1 is 1.50 bits per heavy atom. The fourth-order valence-electron chi connectivity index (χ4n) is 0.746. The van der Waals surface area contributed by atoms with Crippen molar-refractivity contribution < 1.29 is 4.79 Å². The Labute approximate surface area is 90.8 Å². The van der Waals surface area contributed by atoms with Crippen LogP contribution >= 0.6 is 23.1 Å². The molecule has 0 saturated heterocycles. The molecule has 0 bridgehead atoms. The van der Waals surface area contributed by atoms with E-state index in [2.05, 4.69) is 15.5 Å². The van der Waals surface area contributed by atoms with E-state index in [1.54, 1.807) is 0 Å². The fourth-order valence-corrected chi connectivity index (χ4v) is 1.92. The van der Waals surface area contributed by atoms with Crippen molar-refractivity contribution in [2.45, 2.75) is 18.2 Å². The van der Waals surface area contributed by atoms with E-state index in [9.17, 15) is 4.79 Å². The van der Waals surface area contributed by atoms with Gasteiger partial charge in [-0.25, -0.2) is 0 Å². The molecule has 0 aliphatic heterocycles. The Morgan fingerprint density at radius 2 is 2.21 bits per heavy atom. The van der Waals surface area contributed by atoms with Gasteiger partial charge in [-0.05, 0) is 20.1 Å². The summed E-state index contributed by atoms with van der Waals surface area (Å²) in [4.78, 5) is 11.3. The lowest BCUT2D eigenvalue weighted by atomic mass is 10.3. The molecule has 1 amide bonds. The Morgan fingerprint density at radius 3 is 2.71 bits per heavy atom. The number of carbonyl (C=O) groups excluding carboxylic acids is 1. The summed E-state index contributed by atoms with van der Waals surface area (Å²) < 4.78 is 0.845. The lowest BCUT2D eigenvalue weighted by molar-refractivity contribution is -0.111. The maximum absolute atomic E-state index is 11.3. The van der Waals surface area contributed by atoms with Crippen LogP contribution in [0, 0.1) is 0 Å². The minimum absolute atomic E-state index is 0.159. The highest BCUT2D eigenvalue weighted by Gasteiger charge is 2.04. The molecule has 0 aliphatic rings. The minimum atomic E-state index is -0.159. The third kappa shape index (κ3) is 3.47. The minimum Gasteiger partial charge on any atom is -0.297 e. The second kappa shape index (κ2) is 5.11. The molecule has 0 radical (unpaired) electrons. The maximum Gasteiger partial charge on any atom is 0.250 e. The molecule has 1 rings (SSSR count). The molecule has 0 unspecified atom stereocenters. The van der Waals surface area contributed by atoms with Crippen molar-refractivity contribution in [3.05, 3.63) is 11.6 Å². The van der Waals surface area contributed by atoms with E-state index < -0.39 is 0 Å². The molecule has 1 N–H and O–H groups in total. The molecule has 0 fully saturated rings. The highest BCUT2D eigenvalue weighted by Crippen LogP contribution is 2.22. The van der Waals surface area contributed by atoms with E-state index in [0.717, 1.165) is 9.91 Å². The summed E-state index contributed by atoms with van der Waals surface area (Å²) >= 11 is 2.88. The standard InChI is InChI=1S/C8H11N3OS2/c1-5(2)4-6(12)9-7-10-11-8(13-3)14-7/h4H,1-3H3,(H,9,10,12). The summed E-state index contributed by atoms with van der Waals surface area (Å²) in [7, 11) is 0. The maximum atomic E-state index is 11.3. The van der Waals surface area contributed by atoms with Crippen molar-refractivity contribution in [1.82, 2.24) is 10.2 Å². The van der Waals surface area contributed by atoms with Gasteiger partial charge < -0.3 is 0 Å². The highest BCUT2D eigenvalue weighted by atomic mass is 32.2. The monoisotopic (exact) mass is 229 g/mol. The van der Waals surface area contributed by atoms with Crippen molar-refractivity contribution in [2.24, 2.45) is 0 Å². The van der Waals surface area contributed by atoms with Crippen molar-refractivity contribution in [1.29, 1.82) is 0 Å². The van der Waals surface area contributed by atoms with Crippen LogP contribution in [0.5, 0.6) is 0 Å². The first kappa shape index (κ1) is 11.2. The smallest absolute Gasteiger partial charge is 0.250 e. The molecule has 14 heavy (non-hydrogen) atoms. The van der Waals surface area contributed by atoms with Gasteiger partial charge in [-0.3, -0.25) is 10.1 Å². The number of thioether (sulfide) groups is 1. The van der Waals surface area contributed by atoms with Crippen LogP contribution in [0.1, 0.15) is 13.8 Å². The molecule has 1 aromatic heterocycles. The van der Waals surface area contributed by atoms with Crippen LogP contribution in [0.2, 0.25) is 0 Å². The number of hydrogen-bond donors (Lipinski definition) is 1. The SMILES string of the molecule is CSc1nnc(NC(=O)C=C(C)C)s1. The summed E-state index contributed by atoms with van der Waals surface area (Å²) in [5.74, 6) is -0.159. The molecule has 1 heterocycles. The molecule has 76 valence electrons. The first-order valence-electron chi connectivity index (χ1n) is 3.95. The van der Waals surface area contributed by atoms with Crippen LogP contribution < -0.4 is 5.32 Å². The van der Waals surface area contributed by atoms with Gasteiger partial charge >= 0.3 is 0 Å². The lowest BCUT2D eigenvalue weighted by Gasteiger charge is -1.94. The second-order valence-corrected chi connectivity index (χ2v) is 4.82. The number of hydrogen-bond acceptors (Lipinski definition) is 5. The van der Waals surface area contributed by atoms with Gasteiger partial charge in [-0.15, -0.1) is 10.2 Å². The summed E-state index contributed by atoms with van der Waals surface area (Å²) in [5, 5.41) is 10.9. The van der Waals surface area contributed by atoms with Crippen molar-refractivity contribution in [2.75, 3.05) is 11.6 Å². The molecule has 4 nitrogen and oxygen atoms in total. The summed E-state index contributed by atoms with van der Waals surface area (Å²) in [5.41, 5.74) is 0.956. The summed E-state index contributed by atoms with van der Waals surface area (Å²) in [6, 6.07) is 0. The van der Waals surface area contributed by atoms with Crippen molar-refractivity contribution in [3.63, 3.8) is 0 Å². The van der Waals surface area contributed by atoms with Crippen LogP contribution in [0.3, 0.4) is 0 Å². The molecular formula is C8H11N3OS2. The van der Waals surface area contributed by atoms with E-state index in [4.69, 9.17) is 0 Å². The molecule has 0 aromatic carbocycles. The first-order valence-corrected chi connectivity index (χ1v) is 5.99. The molecular weight excluding hydrogens is 218 g/mol. The van der Waals surface area contributed by atoms with Gasteiger partial charge in [-0.1, -0.05) is 28.7 Å². The first-order chi connectivity index (χ1) is 6.61. The van der Waals surface area contributed by atoms with Crippen molar-refractivity contribution >= 4 is 34.1 Å². The molecule has 0 atom stereocenters. The van der Waals surface area contributed by atoms with E-state index in [-0.39, 0.29) is 5.91 Å². The predicted octanol–water partition coefficient (Wildman–Crippen LogP) is 2.16. The average Bonchev–Trinajstić information content (AvgIpc) is 2.50. The molecule has 6 heteroatoms. The zero-order valence-electron chi connectivity index (χ0n) is 8.20. The quantitative estimate of drug-likeness (QED) is 0.490. The number of rotatable bonds is 3. The molecule has 0 aliphatic carbocycles. The van der Waals surface area contributed by atoms with Crippen LogP contribution in [-0.2, 0) is 4.79 Å². The van der Waals surface area contributed by atoms with Crippen molar-refractivity contribution in [3.8, 4) is 0 Å². The Balaban J connectivity index is 2.60. The fraction of sp³-hybridized carbons (Fsp3) is 0.375. The van der Waals surface area contributed by atoms with Gasteiger partial charge in [0.05, 0.1) is 0 Å². The molecule has 0 saturated carbocycles. The van der Waals surface area contributed by atoms with Gasteiger partial charge in [-0.2, -0.15) is 0 Å². The number of anilines is 1. The van der Waals surface area contributed by atoms with Gasteiger partial charge in [0.1, 0.15) is 0 Å². The third-order valence-electron chi connectivity index (χ3n) is 1.23. The Hall–Kier alpha value is -0.880. The average molecular weight is 229 g/mol. The van der Waals surface area contributed by atoms with Crippen LogP contribution in [-0.4, -0.2) is 22.4 Å². The van der Waals surface area contributed by atoms with E-state index >= 15 is 0 Å². The van der Waals surface area contributed by atoms with Gasteiger partial charge in [0.2, 0.25) is 11.0 Å². The highest BCUT2D eigenvalue weighted by molar-refractivity contribution is 8.00. The second-order valence-electron chi connectivity index (χ2n) is 2.79. The largest absolute Gasteiger partial charge is 0.297 e. The number of amides is 1. The van der Waals surface area contributed by atoms with Gasteiger partial charge in [0.15, 0.2) is 4.34 Å². The summed E-state index contributed by atoms with van der Waals surface area (Å²) in [6.45, 7) is 3.74. The lowest BCUT2D eigenvalue weighted by Crippen LogP contribution is -2.07. The topological polar surface area (TPSA) is 54.9 Å². The van der Waals surface area contributed by atoms with E-state index in [0.29, 0.717) is 5.13 Å². The van der Waals surface area contributed by atoms with Gasteiger partial charge in [0, 0.05) is 6.08 Å². The number of nitrogens with zero attached hydrogens (tertiary/aromatic N) is 2. The molecule has 0 spiro atoms. The number of allylic oxidation sites excluding steroid dienone is 1. The number of aromatic nitrogens is 2. The van der Waals surface area contributed by atoms with Crippen LogP contribution in [0.25, 0.3) is 0 Å². The van der Waals surface area contributed by atoms with Crippen LogP contribution in [0.4, 0.5) is 5.13 Å². The van der Waals surface area contributed by atoms with E-state index in [1.807, 2.05) is 20.1 Å². The summed E-state index contributed by atoms with van der Waals surface area (Å²) in [6.07, 6.45) is 3.45. The van der Waals surface area contributed by atoms with Gasteiger partial charge in [0.25, 0.3) is 0 Å². The zero-order valence-corrected chi connectivity index (χ0v) is 9.83. The number of carbonyl (C=O) groups is 1.